The summed E-state index contributed by atoms with van der Waals surface area (Å²) in [5, 5.41) is 8.57. The number of hydrogen-bond donors (Lipinski definition) is 1. The van der Waals surface area contributed by atoms with Crippen LogP contribution in [0.25, 0.3) is 0 Å². The zero-order valence-electron chi connectivity index (χ0n) is 6.96. The van der Waals surface area contributed by atoms with Gasteiger partial charge in [0.2, 0.25) is 0 Å². The molecule has 0 spiro atoms. The van der Waals surface area contributed by atoms with Crippen LogP contribution in [-0.2, 0) is 0 Å². The Hall–Kier alpha value is 0.270. The Morgan fingerprint density at radius 3 is 2.55 bits per heavy atom. The molecule has 1 heterocycles. The molecule has 3 heteroatoms. The second kappa shape index (κ2) is 5.86. The van der Waals surface area contributed by atoms with E-state index in [1.807, 2.05) is 11.8 Å². The van der Waals surface area contributed by atoms with Crippen LogP contribution in [0.2, 0.25) is 0 Å². The first kappa shape index (κ1) is 9.36. The van der Waals surface area contributed by atoms with Crippen LogP contribution >= 0.6 is 11.8 Å². The van der Waals surface area contributed by atoms with Crippen LogP contribution in [0, 0.1) is 0 Å². The van der Waals surface area contributed by atoms with E-state index >= 15 is 0 Å². The molecular formula is C8H17NOS. The van der Waals surface area contributed by atoms with Gasteiger partial charge in [-0.2, -0.15) is 11.8 Å². The average molecular weight is 175 g/mol. The van der Waals surface area contributed by atoms with Crippen molar-refractivity contribution < 1.29 is 5.11 Å². The van der Waals surface area contributed by atoms with E-state index in [9.17, 15) is 0 Å². The number of rotatable bonds is 4. The monoisotopic (exact) mass is 175 g/mol. The average Bonchev–Trinajstić information content (AvgIpc) is 2.07. The third-order valence-corrected chi connectivity index (χ3v) is 2.93. The second-order valence-corrected chi connectivity index (χ2v) is 4.11. The summed E-state index contributed by atoms with van der Waals surface area (Å²) in [4.78, 5) is 2.49. The third kappa shape index (κ3) is 3.99. The smallest absolute Gasteiger partial charge is 0.0431 e. The van der Waals surface area contributed by atoms with Gasteiger partial charge in [-0.05, 0) is 19.4 Å². The molecule has 2 nitrogen and oxygen atoms in total. The minimum Gasteiger partial charge on any atom is -0.396 e. The third-order valence-electron chi connectivity index (χ3n) is 1.99. The zero-order chi connectivity index (χ0) is 7.94. The van der Waals surface area contributed by atoms with Gasteiger partial charge in [0.1, 0.15) is 0 Å². The first-order valence-electron chi connectivity index (χ1n) is 4.34. The highest BCUT2D eigenvalue weighted by molar-refractivity contribution is 7.99. The van der Waals surface area contributed by atoms with E-state index < -0.39 is 0 Å². The quantitative estimate of drug-likeness (QED) is 0.640. The van der Waals surface area contributed by atoms with Gasteiger partial charge in [-0.1, -0.05) is 0 Å². The first-order valence-corrected chi connectivity index (χ1v) is 5.50. The fraction of sp³-hybridized carbons (Fsp3) is 1.00. The van der Waals surface area contributed by atoms with Crippen molar-refractivity contribution in [3.05, 3.63) is 0 Å². The van der Waals surface area contributed by atoms with Gasteiger partial charge in [0, 0.05) is 31.2 Å². The van der Waals surface area contributed by atoms with Crippen LogP contribution in [-0.4, -0.2) is 47.8 Å². The van der Waals surface area contributed by atoms with Gasteiger partial charge in [0.25, 0.3) is 0 Å². The summed E-state index contributed by atoms with van der Waals surface area (Å²) in [6.07, 6.45) is 2.12. The maximum absolute atomic E-state index is 8.57. The summed E-state index contributed by atoms with van der Waals surface area (Å²) < 4.78 is 0. The van der Waals surface area contributed by atoms with Crippen LogP contribution < -0.4 is 0 Å². The highest BCUT2D eigenvalue weighted by Crippen LogP contribution is 2.09. The van der Waals surface area contributed by atoms with Crippen molar-refractivity contribution in [2.75, 3.05) is 37.7 Å². The fourth-order valence-electron chi connectivity index (χ4n) is 1.27. The van der Waals surface area contributed by atoms with Gasteiger partial charge in [-0.3, -0.25) is 0 Å². The number of nitrogens with zero attached hydrogens (tertiary/aromatic N) is 1. The summed E-state index contributed by atoms with van der Waals surface area (Å²) in [5.41, 5.74) is 0. The van der Waals surface area contributed by atoms with Crippen molar-refractivity contribution in [1.29, 1.82) is 0 Å². The van der Waals surface area contributed by atoms with Crippen LogP contribution in [0.15, 0.2) is 0 Å². The molecule has 1 aliphatic heterocycles. The van der Waals surface area contributed by atoms with Crippen molar-refractivity contribution >= 4 is 11.8 Å². The predicted octanol–water partition coefficient (Wildman–Crippen LogP) is 0.808. The van der Waals surface area contributed by atoms with Crippen LogP contribution in [0.4, 0.5) is 0 Å². The standard InChI is InChI=1S/C8H17NOS/c10-6-2-1-3-9-4-7-11-8-5-9/h10H,1-8H2. The summed E-state index contributed by atoms with van der Waals surface area (Å²) in [6.45, 7) is 4.02. The molecule has 0 aromatic carbocycles. The Balaban J connectivity index is 1.96. The maximum atomic E-state index is 8.57. The molecule has 0 aromatic rings. The van der Waals surface area contributed by atoms with Gasteiger partial charge >= 0.3 is 0 Å². The molecule has 1 aliphatic rings. The molecule has 1 fully saturated rings. The second-order valence-electron chi connectivity index (χ2n) is 2.88. The lowest BCUT2D eigenvalue weighted by Crippen LogP contribution is -2.33. The van der Waals surface area contributed by atoms with E-state index in [4.69, 9.17) is 5.11 Å². The van der Waals surface area contributed by atoms with Crippen molar-refractivity contribution in [3.63, 3.8) is 0 Å². The molecule has 11 heavy (non-hydrogen) atoms. The highest BCUT2D eigenvalue weighted by Gasteiger charge is 2.08. The minimum absolute atomic E-state index is 0.350. The molecule has 0 atom stereocenters. The van der Waals surface area contributed by atoms with Crippen molar-refractivity contribution in [3.8, 4) is 0 Å². The fourth-order valence-corrected chi connectivity index (χ4v) is 2.25. The topological polar surface area (TPSA) is 23.5 Å². The molecule has 1 rings (SSSR count). The van der Waals surface area contributed by atoms with E-state index in [-0.39, 0.29) is 0 Å². The van der Waals surface area contributed by atoms with Crippen LogP contribution in [0.3, 0.4) is 0 Å². The van der Waals surface area contributed by atoms with Crippen LogP contribution in [0.1, 0.15) is 12.8 Å². The molecule has 66 valence electrons. The molecule has 0 amide bonds. The number of hydrogen-bond acceptors (Lipinski definition) is 3. The van der Waals surface area contributed by atoms with Gasteiger partial charge in [0.05, 0.1) is 0 Å². The molecule has 0 unspecified atom stereocenters. The van der Waals surface area contributed by atoms with E-state index in [1.165, 1.54) is 31.1 Å². The Morgan fingerprint density at radius 1 is 1.18 bits per heavy atom. The molecule has 1 saturated heterocycles. The molecule has 0 bridgehead atoms. The van der Waals surface area contributed by atoms with E-state index in [1.54, 1.807) is 0 Å². The zero-order valence-corrected chi connectivity index (χ0v) is 7.78. The maximum Gasteiger partial charge on any atom is 0.0431 e. The number of aliphatic hydroxyl groups excluding tert-OH is 1. The Kier molecular flexibility index (Phi) is 4.99. The predicted molar refractivity (Wildman–Crippen MR) is 50.1 cm³/mol. The summed E-state index contributed by atoms with van der Waals surface area (Å²) in [6, 6.07) is 0. The van der Waals surface area contributed by atoms with Gasteiger partial charge < -0.3 is 10.0 Å². The molecular weight excluding hydrogens is 158 g/mol. The lowest BCUT2D eigenvalue weighted by Gasteiger charge is -2.25. The van der Waals surface area contributed by atoms with Crippen LogP contribution in [0.5, 0.6) is 0 Å². The SMILES string of the molecule is OCCCCN1CCSCC1. The molecule has 1 N–H and O–H groups in total. The van der Waals surface area contributed by atoms with Crippen molar-refractivity contribution in [1.82, 2.24) is 4.90 Å². The largest absolute Gasteiger partial charge is 0.396 e. The number of aliphatic hydroxyl groups is 1. The minimum atomic E-state index is 0.350. The van der Waals surface area contributed by atoms with Gasteiger partial charge in [-0.25, -0.2) is 0 Å². The Labute approximate surface area is 73.0 Å². The summed E-state index contributed by atoms with van der Waals surface area (Å²) in [7, 11) is 0. The van der Waals surface area contributed by atoms with E-state index in [0.29, 0.717) is 6.61 Å². The summed E-state index contributed by atoms with van der Waals surface area (Å²) in [5.74, 6) is 2.58. The molecule has 0 aromatic heterocycles. The normalized spacial score (nSPS) is 20.5. The number of thioether (sulfide) groups is 1. The van der Waals surface area contributed by atoms with Gasteiger partial charge in [-0.15, -0.1) is 0 Å². The van der Waals surface area contributed by atoms with E-state index in [2.05, 4.69) is 4.90 Å². The first-order chi connectivity index (χ1) is 5.43. The lowest BCUT2D eigenvalue weighted by molar-refractivity contribution is 0.254. The number of unbranched alkanes of at least 4 members (excludes halogenated alkanes) is 1. The lowest BCUT2D eigenvalue weighted by atomic mass is 10.3. The van der Waals surface area contributed by atoms with Crippen molar-refractivity contribution in [2.24, 2.45) is 0 Å². The highest BCUT2D eigenvalue weighted by atomic mass is 32.2. The molecule has 0 saturated carbocycles. The summed E-state index contributed by atoms with van der Waals surface area (Å²) >= 11 is 2.05. The van der Waals surface area contributed by atoms with E-state index in [0.717, 1.165) is 12.8 Å². The van der Waals surface area contributed by atoms with Crippen molar-refractivity contribution in [2.45, 2.75) is 12.8 Å². The Morgan fingerprint density at radius 2 is 1.91 bits per heavy atom. The molecule has 0 aliphatic carbocycles. The van der Waals surface area contributed by atoms with Gasteiger partial charge in [0.15, 0.2) is 0 Å². The molecule has 0 radical (unpaired) electrons. The Bertz CT molecular complexity index is 94.1.